The monoisotopic (exact) mass is 400 g/mol. The Kier molecular flexibility index (Phi) is 3.27. The van der Waals surface area contributed by atoms with E-state index in [0.717, 1.165) is 11.1 Å². The molecule has 30 heavy (non-hydrogen) atoms. The van der Waals surface area contributed by atoms with E-state index in [1.807, 2.05) is 24.3 Å². The summed E-state index contributed by atoms with van der Waals surface area (Å²) in [5, 5.41) is 0.775. The molecule has 0 saturated heterocycles. The fraction of sp³-hybridized carbons (Fsp3) is 0.182. The van der Waals surface area contributed by atoms with Gasteiger partial charge in [-0.25, -0.2) is 9.36 Å². The van der Waals surface area contributed by atoms with Gasteiger partial charge in [-0.2, -0.15) is 9.97 Å². The van der Waals surface area contributed by atoms with Crippen molar-refractivity contribution in [1.29, 1.82) is 0 Å². The third-order valence-electron chi connectivity index (χ3n) is 5.94. The largest absolute Gasteiger partial charge is 0.481 e. The third kappa shape index (κ3) is 1.90. The van der Waals surface area contributed by atoms with Crippen LogP contribution in [-0.2, 0) is 0 Å². The van der Waals surface area contributed by atoms with Crippen LogP contribution in [0.2, 0.25) is 0 Å². The second-order valence-electron chi connectivity index (χ2n) is 7.30. The van der Waals surface area contributed by atoms with Crippen LogP contribution in [0.3, 0.4) is 0 Å². The molecule has 1 aliphatic carbocycles. The van der Waals surface area contributed by atoms with E-state index in [4.69, 9.17) is 9.47 Å². The average Bonchev–Trinajstić information content (AvgIpc) is 2.81. The zero-order valence-electron chi connectivity index (χ0n) is 16.2. The number of methoxy groups -OCH3 is 2. The first-order chi connectivity index (χ1) is 14.7. The molecule has 0 unspecified atom stereocenters. The molecular weight excluding hydrogens is 384 g/mol. The topological polar surface area (TPSA) is 88.2 Å². The molecule has 8 heteroatoms. The Hall–Kier alpha value is -3.94. The van der Waals surface area contributed by atoms with Crippen molar-refractivity contribution in [2.75, 3.05) is 14.2 Å². The molecule has 2 atom stereocenters. The first-order valence-corrected chi connectivity index (χ1v) is 9.50. The molecule has 0 amide bonds. The van der Waals surface area contributed by atoms with Gasteiger partial charge in [0, 0.05) is 0 Å². The third-order valence-corrected chi connectivity index (χ3v) is 5.94. The highest BCUT2D eigenvalue weighted by Gasteiger charge is 2.46. The molecule has 2 aromatic carbocycles. The van der Waals surface area contributed by atoms with Crippen LogP contribution in [0.5, 0.6) is 11.9 Å². The van der Waals surface area contributed by atoms with E-state index in [1.54, 1.807) is 24.3 Å². The number of hydrogen-bond acceptors (Lipinski definition) is 6. The van der Waals surface area contributed by atoms with Gasteiger partial charge in [0.1, 0.15) is 12.1 Å². The Bertz CT molecular complexity index is 1490. The highest BCUT2D eigenvalue weighted by molar-refractivity contribution is 5.81. The first-order valence-electron chi connectivity index (χ1n) is 9.50. The van der Waals surface area contributed by atoms with E-state index in [0.29, 0.717) is 27.9 Å². The number of rotatable bonds is 2. The number of nitrogens with zero attached hydrogens (tertiary/aromatic N) is 4. The summed E-state index contributed by atoms with van der Waals surface area (Å²) < 4.78 is 13.9. The van der Waals surface area contributed by atoms with Crippen LogP contribution in [0, 0.1) is 0 Å². The van der Waals surface area contributed by atoms with Crippen molar-refractivity contribution in [3.63, 3.8) is 0 Å². The van der Waals surface area contributed by atoms with Gasteiger partial charge in [0.2, 0.25) is 5.88 Å². The van der Waals surface area contributed by atoms with Crippen LogP contribution in [-0.4, -0.2) is 33.6 Å². The Morgan fingerprint density at radius 2 is 1.33 bits per heavy atom. The molecule has 0 spiro atoms. The minimum absolute atomic E-state index is 0.151. The predicted molar refractivity (Wildman–Crippen MR) is 109 cm³/mol. The standard InChI is InChI=1S/C22H16N4O4/c1-29-19-15-16(23-22(24-19)30-2)18-12-8-4-3-7-11(12)17(15)25-20(27)13-9-5-6-10-14(13)21(28)26(18)25/h3-10,17-18H,1-2H3/t17-,18+/m1/s1. The van der Waals surface area contributed by atoms with Gasteiger partial charge in [0.15, 0.2) is 0 Å². The second kappa shape index (κ2) is 5.79. The molecule has 7 rings (SSSR count). The maximum Gasteiger partial charge on any atom is 0.319 e. The zero-order chi connectivity index (χ0) is 20.6. The summed E-state index contributed by atoms with van der Waals surface area (Å²) >= 11 is 0. The lowest BCUT2D eigenvalue weighted by molar-refractivity contribution is 0.295. The predicted octanol–water partition coefficient (Wildman–Crippen LogP) is 1.87. The van der Waals surface area contributed by atoms with Gasteiger partial charge in [-0.05, 0) is 23.3 Å². The first kappa shape index (κ1) is 17.0. The average molecular weight is 400 g/mol. The van der Waals surface area contributed by atoms with E-state index >= 15 is 0 Å². The van der Waals surface area contributed by atoms with Gasteiger partial charge < -0.3 is 9.47 Å². The molecule has 0 fully saturated rings. The minimum Gasteiger partial charge on any atom is -0.481 e. The smallest absolute Gasteiger partial charge is 0.319 e. The maximum absolute atomic E-state index is 13.6. The Labute approximate surface area is 169 Å². The molecule has 3 aliphatic rings. The van der Waals surface area contributed by atoms with E-state index in [9.17, 15) is 9.59 Å². The molecule has 2 bridgehead atoms. The quantitative estimate of drug-likeness (QED) is 0.441. The lowest BCUT2D eigenvalue weighted by Gasteiger charge is -2.43. The van der Waals surface area contributed by atoms with Crippen molar-refractivity contribution >= 4 is 10.8 Å². The van der Waals surface area contributed by atoms with Crippen molar-refractivity contribution in [3.05, 3.63) is 91.6 Å². The van der Waals surface area contributed by atoms with Gasteiger partial charge >= 0.3 is 6.01 Å². The molecule has 4 aromatic rings. The minimum atomic E-state index is -0.586. The molecule has 0 N–H and O–H groups in total. The highest BCUT2D eigenvalue weighted by Crippen LogP contribution is 2.50. The van der Waals surface area contributed by atoms with Crippen LogP contribution in [0.15, 0.2) is 58.1 Å². The zero-order valence-corrected chi connectivity index (χ0v) is 16.2. The summed E-state index contributed by atoms with van der Waals surface area (Å²) in [5.41, 5.74) is 2.67. The Morgan fingerprint density at radius 1 is 0.767 bits per heavy atom. The van der Waals surface area contributed by atoms with Crippen molar-refractivity contribution in [1.82, 2.24) is 19.3 Å². The lowest BCUT2D eigenvalue weighted by Crippen LogP contribution is -2.51. The molecule has 148 valence electrons. The van der Waals surface area contributed by atoms with Crippen LogP contribution >= 0.6 is 0 Å². The van der Waals surface area contributed by atoms with Crippen LogP contribution in [0.4, 0.5) is 0 Å². The normalized spacial score (nSPS) is 17.9. The second-order valence-corrected chi connectivity index (χ2v) is 7.30. The van der Waals surface area contributed by atoms with Crippen molar-refractivity contribution < 1.29 is 9.47 Å². The maximum atomic E-state index is 13.6. The fourth-order valence-electron chi connectivity index (χ4n) is 4.75. The molecule has 0 saturated carbocycles. The summed E-state index contributed by atoms with van der Waals surface area (Å²) in [7, 11) is 3.00. The fourth-order valence-corrected chi connectivity index (χ4v) is 4.75. The summed E-state index contributed by atoms with van der Waals surface area (Å²) in [4.78, 5) is 36.0. The SMILES string of the molecule is COc1nc(OC)c2c(n1)[C@@H]1c3ccccc3[C@H]2n2c(=O)c3ccccc3c(=O)n21. The Morgan fingerprint density at radius 3 is 1.93 bits per heavy atom. The molecule has 2 aliphatic heterocycles. The van der Waals surface area contributed by atoms with Gasteiger partial charge in [0.25, 0.3) is 11.1 Å². The highest BCUT2D eigenvalue weighted by atomic mass is 16.5. The number of fused-ring (bicyclic) bond motifs is 1. The number of ether oxygens (including phenoxy) is 2. The number of benzene rings is 2. The van der Waals surface area contributed by atoms with E-state index in [-0.39, 0.29) is 17.1 Å². The molecular formula is C22H16N4O4. The van der Waals surface area contributed by atoms with E-state index < -0.39 is 12.1 Å². The summed E-state index contributed by atoms with van der Waals surface area (Å²) in [5.74, 6) is 0.333. The summed E-state index contributed by atoms with van der Waals surface area (Å²) in [6.45, 7) is 0. The molecule has 2 aromatic heterocycles. The van der Waals surface area contributed by atoms with E-state index in [1.165, 1.54) is 23.6 Å². The lowest BCUT2D eigenvalue weighted by atomic mass is 9.80. The summed E-state index contributed by atoms with van der Waals surface area (Å²) in [6.07, 6.45) is 0. The van der Waals surface area contributed by atoms with Gasteiger partial charge in [-0.15, -0.1) is 0 Å². The number of aromatic nitrogens is 4. The van der Waals surface area contributed by atoms with Crippen LogP contribution in [0.25, 0.3) is 10.8 Å². The van der Waals surface area contributed by atoms with Crippen LogP contribution < -0.4 is 20.6 Å². The van der Waals surface area contributed by atoms with Gasteiger partial charge in [-0.3, -0.25) is 9.59 Å². The van der Waals surface area contributed by atoms with Crippen LogP contribution in [0.1, 0.15) is 34.5 Å². The molecule has 4 heterocycles. The molecule has 8 nitrogen and oxygen atoms in total. The van der Waals surface area contributed by atoms with Gasteiger partial charge in [-0.1, -0.05) is 36.4 Å². The van der Waals surface area contributed by atoms with Gasteiger partial charge in [0.05, 0.1) is 36.2 Å². The Balaban J connectivity index is 1.83. The summed E-state index contributed by atoms with van der Waals surface area (Å²) in [6, 6.07) is 13.7. The van der Waals surface area contributed by atoms with Crippen molar-refractivity contribution in [2.45, 2.75) is 12.1 Å². The van der Waals surface area contributed by atoms with E-state index in [2.05, 4.69) is 9.97 Å². The van der Waals surface area contributed by atoms with Crippen molar-refractivity contribution in [3.8, 4) is 11.9 Å². The van der Waals surface area contributed by atoms with Crippen molar-refractivity contribution in [2.24, 2.45) is 0 Å². The number of hydrogen-bond donors (Lipinski definition) is 0. The molecule has 0 radical (unpaired) electrons.